The number of aromatic nitrogens is 3. The lowest BCUT2D eigenvalue weighted by molar-refractivity contribution is -0.129. The van der Waals surface area contributed by atoms with Gasteiger partial charge in [-0.25, -0.2) is 4.98 Å². The number of nitrogens with one attached hydrogen (secondary N) is 3. The molecule has 0 fully saturated rings. The second-order valence-corrected chi connectivity index (χ2v) is 7.19. The number of amidine groups is 1. The second-order valence-electron chi connectivity index (χ2n) is 6.14. The Bertz CT molecular complexity index is 1170. The molecule has 3 aromatic heterocycles. The molecule has 0 aliphatic carbocycles. The molecule has 4 heterocycles. The van der Waals surface area contributed by atoms with E-state index in [-0.39, 0.29) is 24.6 Å². The maximum absolute atomic E-state index is 12.5. The molecule has 148 valence electrons. The Hall–Kier alpha value is -3.44. The number of hydrogen-bond acceptors (Lipinski definition) is 8. The van der Waals surface area contributed by atoms with E-state index in [2.05, 4.69) is 30.6 Å². The van der Waals surface area contributed by atoms with Crippen LogP contribution >= 0.6 is 11.3 Å². The molecular weight excluding hydrogens is 396 g/mol. The van der Waals surface area contributed by atoms with E-state index in [4.69, 9.17) is 4.74 Å². The van der Waals surface area contributed by atoms with Crippen molar-refractivity contribution in [3.63, 3.8) is 0 Å². The Morgan fingerprint density at radius 1 is 1.38 bits per heavy atom. The molecule has 1 aliphatic heterocycles. The number of fused-ring (bicyclic) bond motifs is 1. The van der Waals surface area contributed by atoms with E-state index < -0.39 is 12.0 Å². The van der Waals surface area contributed by atoms with Crippen LogP contribution in [0.1, 0.15) is 9.67 Å². The van der Waals surface area contributed by atoms with Gasteiger partial charge in [0.2, 0.25) is 0 Å². The predicted octanol–water partition coefficient (Wildman–Crippen LogP) is 0.320. The van der Waals surface area contributed by atoms with Crippen LogP contribution in [0, 0.1) is 0 Å². The number of amides is 2. The lowest BCUT2D eigenvalue weighted by atomic mass is 10.3. The van der Waals surface area contributed by atoms with E-state index in [1.165, 1.54) is 7.11 Å². The number of pyridine rings is 1. The molecule has 2 amide bonds. The van der Waals surface area contributed by atoms with E-state index in [1.54, 1.807) is 30.5 Å². The van der Waals surface area contributed by atoms with Crippen molar-refractivity contribution in [1.82, 2.24) is 25.6 Å². The molecule has 0 aromatic carbocycles. The largest absolute Gasteiger partial charge is 0.370 e. The zero-order chi connectivity index (χ0) is 20.4. The summed E-state index contributed by atoms with van der Waals surface area (Å²) in [5.74, 6) is -0.00463. The van der Waals surface area contributed by atoms with Crippen molar-refractivity contribution in [2.24, 2.45) is 4.99 Å². The van der Waals surface area contributed by atoms with Crippen LogP contribution in [0.3, 0.4) is 0 Å². The van der Waals surface area contributed by atoms with Crippen molar-refractivity contribution >= 4 is 39.2 Å². The first kappa shape index (κ1) is 18.9. The molecular formula is C18H16N6O4S. The van der Waals surface area contributed by atoms with E-state index in [0.29, 0.717) is 32.4 Å². The molecule has 0 saturated heterocycles. The van der Waals surface area contributed by atoms with E-state index in [0.717, 1.165) is 11.3 Å². The highest BCUT2D eigenvalue weighted by atomic mass is 32.1. The van der Waals surface area contributed by atoms with Gasteiger partial charge in [-0.3, -0.25) is 24.4 Å². The molecule has 0 spiro atoms. The number of hydrogen-bond donors (Lipinski definition) is 3. The summed E-state index contributed by atoms with van der Waals surface area (Å²) in [6.45, 7) is 0.254. The van der Waals surface area contributed by atoms with Crippen molar-refractivity contribution in [1.29, 1.82) is 0 Å². The lowest BCUT2D eigenvalue weighted by Gasteiger charge is -2.20. The zero-order valence-corrected chi connectivity index (χ0v) is 16.1. The zero-order valence-electron chi connectivity index (χ0n) is 15.3. The van der Waals surface area contributed by atoms with Crippen LogP contribution in [0.5, 0.6) is 0 Å². The van der Waals surface area contributed by atoms with Crippen LogP contribution in [-0.4, -0.2) is 58.9 Å². The average Bonchev–Trinajstić information content (AvgIpc) is 3.18. The Kier molecular flexibility index (Phi) is 5.14. The van der Waals surface area contributed by atoms with Crippen molar-refractivity contribution < 1.29 is 14.3 Å². The summed E-state index contributed by atoms with van der Waals surface area (Å²) in [6.07, 6.45) is 0.983. The molecule has 4 rings (SSSR count). The molecule has 10 nitrogen and oxygen atoms in total. The van der Waals surface area contributed by atoms with Gasteiger partial charge in [0.05, 0.1) is 23.5 Å². The fourth-order valence-electron chi connectivity index (χ4n) is 2.75. The number of ether oxygens (including phenoxy) is 1. The van der Waals surface area contributed by atoms with Crippen molar-refractivity contribution in [3.8, 4) is 11.5 Å². The minimum absolute atomic E-state index is 0.0538. The van der Waals surface area contributed by atoms with Gasteiger partial charge in [-0.2, -0.15) is 0 Å². The van der Waals surface area contributed by atoms with Crippen LogP contribution in [0.15, 0.2) is 40.2 Å². The van der Waals surface area contributed by atoms with Gasteiger partial charge >= 0.3 is 0 Å². The van der Waals surface area contributed by atoms with Crippen LogP contribution in [0.4, 0.5) is 0 Å². The van der Waals surface area contributed by atoms with Gasteiger partial charge in [-0.1, -0.05) is 6.07 Å². The molecule has 1 atom stereocenters. The van der Waals surface area contributed by atoms with Crippen LogP contribution in [0.2, 0.25) is 0 Å². The summed E-state index contributed by atoms with van der Waals surface area (Å²) in [6, 6.07) is 6.85. The quantitative estimate of drug-likeness (QED) is 0.552. The molecule has 3 N–H and O–H groups in total. The Balaban J connectivity index is 1.51. The number of carbonyl (C=O) groups is 2. The molecule has 3 aromatic rings. The van der Waals surface area contributed by atoms with Crippen LogP contribution in [-0.2, 0) is 9.53 Å². The Morgan fingerprint density at radius 3 is 2.97 bits per heavy atom. The summed E-state index contributed by atoms with van der Waals surface area (Å²) < 4.78 is 5.33. The summed E-state index contributed by atoms with van der Waals surface area (Å²) >= 11 is 1.04. The smallest absolute Gasteiger partial charge is 0.269 e. The highest BCUT2D eigenvalue weighted by Gasteiger charge is 2.24. The summed E-state index contributed by atoms with van der Waals surface area (Å²) in [5.41, 5.74) is 0.606. The van der Waals surface area contributed by atoms with Gasteiger partial charge in [0, 0.05) is 13.3 Å². The van der Waals surface area contributed by atoms with Gasteiger partial charge in [-0.15, -0.1) is 11.3 Å². The van der Waals surface area contributed by atoms with E-state index in [1.807, 2.05) is 0 Å². The highest BCUT2D eigenvalue weighted by Crippen LogP contribution is 2.22. The third-order valence-electron chi connectivity index (χ3n) is 4.22. The SMILES string of the molecule is COC1CN=C(CNC(=O)c2cc3nc(-c4ccccn4)[nH]c(=O)c3s2)NC1=O. The first-order valence-electron chi connectivity index (χ1n) is 8.65. The number of carbonyl (C=O) groups excluding carboxylic acids is 2. The topological polar surface area (TPSA) is 138 Å². The lowest BCUT2D eigenvalue weighted by Crippen LogP contribution is -2.49. The molecule has 1 unspecified atom stereocenters. The fraction of sp³-hybridized carbons (Fsp3) is 0.222. The Labute approximate surface area is 168 Å². The van der Waals surface area contributed by atoms with Gasteiger partial charge < -0.3 is 20.4 Å². The number of thiophene rings is 1. The number of aliphatic imine (C=N–C) groups is 1. The fourth-order valence-corrected chi connectivity index (χ4v) is 3.66. The molecule has 11 heteroatoms. The molecule has 0 saturated carbocycles. The molecule has 0 bridgehead atoms. The van der Waals surface area contributed by atoms with Gasteiger partial charge in [0.15, 0.2) is 11.9 Å². The van der Waals surface area contributed by atoms with Gasteiger partial charge in [0.1, 0.15) is 16.2 Å². The number of methoxy groups -OCH3 is 1. The maximum Gasteiger partial charge on any atom is 0.269 e. The number of H-pyrrole nitrogens is 1. The minimum Gasteiger partial charge on any atom is -0.370 e. The average molecular weight is 412 g/mol. The maximum atomic E-state index is 12.5. The van der Waals surface area contributed by atoms with Gasteiger partial charge in [-0.05, 0) is 18.2 Å². The normalized spacial score (nSPS) is 16.4. The summed E-state index contributed by atoms with van der Waals surface area (Å²) in [5, 5.41) is 5.27. The number of aromatic amines is 1. The van der Waals surface area contributed by atoms with Crippen LogP contribution < -0.4 is 16.2 Å². The third kappa shape index (κ3) is 3.91. The first-order chi connectivity index (χ1) is 14.0. The third-order valence-corrected chi connectivity index (χ3v) is 5.34. The van der Waals surface area contributed by atoms with Crippen LogP contribution in [0.25, 0.3) is 21.7 Å². The van der Waals surface area contributed by atoms with Gasteiger partial charge in [0.25, 0.3) is 17.4 Å². The summed E-state index contributed by atoms with van der Waals surface area (Å²) in [4.78, 5) is 52.4. The van der Waals surface area contributed by atoms with Crippen molar-refractivity contribution in [2.45, 2.75) is 6.10 Å². The molecule has 1 aliphatic rings. The Morgan fingerprint density at radius 2 is 2.24 bits per heavy atom. The number of rotatable bonds is 5. The minimum atomic E-state index is -0.622. The van der Waals surface area contributed by atoms with Crippen molar-refractivity contribution in [3.05, 3.63) is 45.7 Å². The van der Waals surface area contributed by atoms with E-state index >= 15 is 0 Å². The van der Waals surface area contributed by atoms with E-state index in [9.17, 15) is 14.4 Å². The molecule has 0 radical (unpaired) electrons. The first-order valence-corrected chi connectivity index (χ1v) is 9.47. The number of nitrogens with zero attached hydrogens (tertiary/aromatic N) is 3. The molecule has 29 heavy (non-hydrogen) atoms. The monoisotopic (exact) mass is 412 g/mol. The predicted molar refractivity (Wildman–Crippen MR) is 107 cm³/mol. The highest BCUT2D eigenvalue weighted by molar-refractivity contribution is 7.20. The van der Waals surface area contributed by atoms with Crippen molar-refractivity contribution in [2.75, 3.05) is 20.2 Å². The second kappa shape index (κ2) is 7.89. The standard InChI is InChI=1S/C18H16N6O4S/c1-28-11-7-20-13(23-16(11)25)8-21-17(26)12-6-10-14(29-12)18(27)24-15(22-10)9-4-2-3-5-19-9/h2-6,11H,7-8H2,1H3,(H,21,26)(H,20,23,25)(H,22,24,27). The summed E-state index contributed by atoms with van der Waals surface area (Å²) in [7, 11) is 1.43.